The fourth-order valence-electron chi connectivity index (χ4n) is 4.06. The predicted octanol–water partition coefficient (Wildman–Crippen LogP) is 3.06. The highest BCUT2D eigenvalue weighted by Crippen LogP contribution is 2.54. The maximum Gasteiger partial charge on any atom is 0.0675 e. The SMILES string of the molecule is C=C1CCC2C3=Nc4ccccc4C13CCN2C. The van der Waals surface area contributed by atoms with Gasteiger partial charge in [0, 0.05) is 12.6 Å². The topological polar surface area (TPSA) is 15.6 Å². The maximum absolute atomic E-state index is 4.96. The Kier molecular flexibility index (Phi) is 1.94. The Hall–Kier alpha value is -1.41. The molecule has 2 aliphatic heterocycles. The third-order valence-electron chi connectivity index (χ3n) is 5.05. The molecule has 2 heterocycles. The standard InChI is InChI=1S/C16H18N2/c1-11-7-8-14-15-16(11,9-10-18(14)2)12-5-3-4-6-13(12)17-15/h3-6,14H,1,7-10H2,2H3. The number of fused-ring (bicyclic) bond motifs is 1. The molecule has 4 rings (SSSR count). The van der Waals surface area contributed by atoms with Crippen LogP contribution in [0.2, 0.25) is 0 Å². The lowest BCUT2D eigenvalue weighted by molar-refractivity contribution is 0.217. The maximum atomic E-state index is 4.96. The lowest BCUT2D eigenvalue weighted by Crippen LogP contribution is -2.57. The van der Waals surface area contributed by atoms with Crippen LogP contribution in [0, 0.1) is 0 Å². The second-order valence-corrected chi connectivity index (χ2v) is 5.81. The van der Waals surface area contributed by atoms with Crippen molar-refractivity contribution < 1.29 is 0 Å². The number of piperidine rings is 1. The number of para-hydroxylation sites is 1. The van der Waals surface area contributed by atoms with Gasteiger partial charge in [-0.3, -0.25) is 9.89 Å². The molecule has 0 radical (unpaired) electrons. The van der Waals surface area contributed by atoms with Crippen molar-refractivity contribution in [2.45, 2.75) is 30.7 Å². The summed E-state index contributed by atoms with van der Waals surface area (Å²) >= 11 is 0. The largest absolute Gasteiger partial charge is 0.298 e. The zero-order valence-electron chi connectivity index (χ0n) is 10.8. The number of hydrogen-bond donors (Lipinski definition) is 0. The molecule has 1 aromatic rings. The van der Waals surface area contributed by atoms with Crippen LogP contribution in [0.3, 0.4) is 0 Å². The van der Waals surface area contributed by atoms with E-state index in [0.29, 0.717) is 6.04 Å². The molecule has 2 fully saturated rings. The molecule has 1 saturated heterocycles. The summed E-state index contributed by atoms with van der Waals surface area (Å²) in [5.41, 5.74) is 5.41. The number of hydrogen-bond acceptors (Lipinski definition) is 2. The number of nitrogens with zero attached hydrogens (tertiary/aromatic N) is 2. The average molecular weight is 238 g/mol. The molecule has 1 saturated carbocycles. The van der Waals surface area contributed by atoms with Crippen LogP contribution in [-0.4, -0.2) is 30.2 Å². The zero-order valence-corrected chi connectivity index (χ0v) is 10.8. The molecule has 2 unspecified atom stereocenters. The number of allylic oxidation sites excluding steroid dienone is 1. The van der Waals surface area contributed by atoms with E-state index >= 15 is 0 Å². The van der Waals surface area contributed by atoms with Gasteiger partial charge in [0.25, 0.3) is 0 Å². The fourth-order valence-corrected chi connectivity index (χ4v) is 4.06. The van der Waals surface area contributed by atoms with Gasteiger partial charge in [-0.15, -0.1) is 0 Å². The minimum atomic E-state index is 0.0754. The summed E-state index contributed by atoms with van der Waals surface area (Å²) in [6, 6.07) is 9.16. The Morgan fingerprint density at radius 1 is 1.39 bits per heavy atom. The van der Waals surface area contributed by atoms with Crippen LogP contribution in [-0.2, 0) is 5.41 Å². The Labute approximate surface area is 108 Å². The Bertz CT molecular complexity index is 572. The molecule has 0 aromatic heterocycles. The Morgan fingerprint density at radius 3 is 3.11 bits per heavy atom. The number of aliphatic imine (C=N–C) groups is 1. The first-order valence-corrected chi connectivity index (χ1v) is 6.80. The van der Waals surface area contributed by atoms with Gasteiger partial charge in [0.15, 0.2) is 0 Å². The van der Waals surface area contributed by atoms with Crippen LogP contribution in [0.15, 0.2) is 41.4 Å². The van der Waals surface area contributed by atoms with Crippen molar-refractivity contribution in [3.8, 4) is 0 Å². The smallest absolute Gasteiger partial charge is 0.0675 e. The van der Waals surface area contributed by atoms with E-state index in [2.05, 4.69) is 42.8 Å². The van der Waals surface area contributed by atoms with Crippen LogP contribution in [0.4, 0.5) is 5.69 Å². The molecule has 1 aromatic carbocycles. The third-order valence-corrected chi connectivity index (χ3v) is 5.05. The Balaban J connectivity index is 1.99. The molecule has 2 heteroatoms. The molecule has 92 valence electrons. The second-order valence-electron chi connectivity index (χ2n) is 5.81. The molecule has 3 aliphatic rings. The van der Waals surface area contributed by atoms with Crippen molar-refractivity contribution in [3.05, 3.63) is 42.0 Å². The molecule has 0 spiro atoms. The van der Waals surface area contributed by atoms with Crippen molar-refractivity contribution in [2.75, 3.05) is 13.6 Å². The van der Waals surface area contributed by atoms with Crippen LogP contribution >= 0.6 is 0 Å². The molecular weight excluding hydrogens is 220 g/mol. The normalized spacial score (nSPS) is 33.9. The minimum Gasteiger partial charge on any atom is -0.298 e. The quantitative estimate of drug-likeness (QED) is 0.634. The summed E-state index contributed by atoms with van der Waals surface area (Å²) < 4.78 is 0. The van der Waals surface area contributed by atoms with Crippen molar-refractivity contribution >= 4 is 11.4 Å². The van der Waals surface area contributed by atoms with Crippen LogP contribution in [0.25, 0.3) is 0 Å². The zero-order chi connectivity index (χ0) is 12.3. The number of rotatable bonds is 0. The van der Waals surface area contributed by atoms with E-state index in [9.17, 15) is 0 Å². The van der Waals surface area contributed by atoms with Crippen LogP contribution in [0.5, 0.6) is 0 Å². The summed E-state index contributed by atoms with van der Waals surface area (Å²) in [5.74, 6) is 0. The predicted molar refractivity (Wildman–Crippen MR) is 74.6 cm³/mol. The molecule has 18 heavy (non-hydrogen) atoms. The van der Waals surface area contributed by atoms with Gasteiger partial charge in [-0.05, 0) is 37.9 Å². The van der Waals surface area contributed by atoms with E-state index in [1.807, 2.05) is 0 Å². The summed E-state index contributed by atoms with van der Waals surface area (Å²) in [6.45, 7) is 5.54. The van der Waals surface area contributed by atoms with E-state index in [-0.39, 0.29) is 5.41 Å². The highest BCUT2D eigenvalue weighted by Gasteiger charge is 2.53. The van der Waals surface area contributed by atoms with Gasteiger partial charge >= 0.3 is 0 Å². The van der Waals surface area contributed by atoms with Crippen molar-refractivity contribution in [1.29, 1.82) is 0 Å². The fraction of sp³-hybridized carbons (Fsp3) is 0.438. The monoisotopic (exact) mass is 238 g/mol. The van der Waals surface area contributed by atoms with Crippen LogP contribution < -0.4 is 0 Å². The van der Waals surface area contributed by atoms with E-state index in [1.54, 1.807) is 0 Å². The summed E-state index contributed by atoms with van der Waals surface area (Å²) in [4.78, 5) is 7.43. The molecule has 0 amide bonds. The molecule has 2 atom stereocenters. The summed E-state index contributed by atoms with van der Waals surface area (Å²) in [6.07, 6.45) is 3.47. The first-order valence-electron chi connectivity index (χ1n) is 6.80. The molecular formula is C16H18N2. The molecule has 1 aliphatic carbocycles. The lowest BCUT2D eigenvalue weighted by Gasteiger charge is -2.49. The van der Waals surface area contributed by atoms with Gasteiger partial charge < -0.3 is 0 Å². The molecule has 2 bridgehead atoms. The second kappa shape index (κ2) is 3.33. The van der Waals surface area contributed by atoms with Gasteiger partial charge in [-0.1, -0.05) is 30.4 Å². The molecule has 2 nitrogen and oxygen atoms in total. The van der Waals surface area contributed by atoms with Gasteiger partial charge in [-0.2, -0.15) is 0 Å². The van der Waals surface area contributed by atoms with Crippen molar-refractivity contribution in [1.82, 2.24) is 4.90 Å². The van der Waals surface area contributed by atoms with Gasteiger partial charge in [0.2, 0.25) is 0 Å². The number of benzene rings is 1. The number of likely N-dealkylation sites (tertiary alicyclic amines) is 1. The highest BCUT2D eigenvalue weighted by atomic mass is 15.2. The van der Waals surface area contributed by atoms with Crippen molar-refractivity contribution in [2.24, 2.45) is 4.99 Å². The van der Waals surface area contributed by atoms with Gasteiger partial charge in [-0.25, -0.2) is 0 Å². The van der Waals surface area contributed by atoms with Crippen molar-refractivity contribution in [3.63, 3.8) is 0 Å². The third kappa shape index (κ3) is 1.05. The Morgan fingerprint density at radius 2 is 2.22 bits per heavy atom. The molecule has 0 N–H and O–H groups in total. The first kappa shape index (κ1) is 10.5. The van der Waals surface area contributed by atoms with E-state index < -0.39 is 0 Å². The van der Waals surface area contributed by atoms with E-state index in [0.717, 1.165) is 19.4 Å². The highest BCUT2D eigenvalue weighted by molar-refractivity contribution is 6.09. The summed E-state index contributed by atoms with van der Waals surface area (Å²) in [7, 11) is 2.23. The lowest BCUT2D eigenvalue weighted by atomic mass is 9.61. The van der Waals surface area contributed by atoms with E-state index in [4.69, 9.17) is 4.99 Å². The van der Waals surface area contributed by atoms with Crippen LogP contribution in [0.1, 0.15) is 24.8 Å². The average Bonchev–Trinajstić information content (AvgIpc) is 2.73. The first-order chi connectivity index (χ1) is 8.73. The van der Waals surface area contributed by atoms with Gasteiger partial charge in [0.1, 0.15) is 0 Å². The summed E-state index contributed by atoms with van der Waals surface area (Å²) in [5, 5.41) is 0. The van der Waals surface area contributed by atoms with E-state index in [1.165, 1.54) is 29.0 Å². The van der Waals surface area contributed by atoms with Gasteiger partial charge in [0.05, 0.1) is 16.8 Å². The minimum absolute atomic E-state index is 0.0754.